The number of carbonyl (C=O) groups is 2. The van der Waals surface area contributed by atoms with Crippen LogP contribution in [-0.4, -0.2) is 30.9 Å². The molecule has 1 aliphatic rings. The fraction of sp³-hybridized carbons (Fsp3) is 0.316. The summed E-state index contributed by atoms with van der Waals surface area (Å²) in [6.07, 6.45) is 4.54. The van der Waals surface area contributed by atoms with Crippen LogP contribution in [0.4, 0.5) is 11.4 Å². The Morgan fingerprint density at radius 2 is 1.84 bits per heavy atom. The molecule has 1 aliphatic carbocycles. The topological polar surface area (TPSA) is 74.3 Å². The number of amides is 2. The van der Waals surface area contributed by atoms with E-state index in [0.29, 0.717) is 25.1 Å². The SMILES string of the molecule is CN(C)c1ccc(NC(=O)C2(C(=O)NCc3cccnc3)CC2)cc1. The lowest BCUT2D eigenvalue weighted by atomic mass is 10.0. The fourth-order valence-electron chi connectivity index (χ4n) is 2.63. The smallest absolute Gasteiger partial charge is 0.240 e. The first-order chi connectivity index (χ1) is 12.0. The summed E-state index contributed by atoms with van der Waals surface area (Å²) in [4.78, 5) is 31.1. The lowest BCUT2D eigenvalue weighted by Crippen LogP contribution is -2.39. The van der Waals surface area contributed by atoms with Gasteiger partial charge in [-0.3, -0.25) is 14.6 Å². The Morgan fingerprint density at radius 1 is 1.12 bits per heavy atom. The Morgan fingerprint density at radius 3 is 2.40 bits per heavy atom. The number of nitrogens with one attached hydrogen (secondary N) is 2. The predicted octanol–water partition coefficient (Wildman–Crippen LogP) is 2.18. The maximum absolute atomic E-state index is 12.6. The lowest BCUT2D eigenvalue weighted by Gasteiger charge is -2.16. The van der Waals surface area contributed by atoms with Gasteiger partial charge in [0.25, 0.3) is 0 Å². The third kappa shape index (κ3) is 3.79. The number of carbonyl (C=O) groups excluding carboxylic acids is 2. The minimum Gasteiger partial charge on any atom is -0.378 e. The van der Waals surface area contributed by atoms with Gasteiger partial charge in [-0.15, -0.1) is 0 Å². The molecule has 3 rings (SSSR count). The summed E-state index contributed by atoms with van der Waals surface area (Å²) in [6, 6.07) is 11.3. The number of aromatic nitrogens is 1. The summed E-state index contributed by atoms with van der Waals surface area (Å²) in [5.41, 5.74) is 1.71. The molecule has 0 radical (unpaired) electrons. The van der Waals surface area contributed by atoms with Crippen molar-refractivity contribution in [2.45, 2.75) is 19.4 Å². The van der Waals surface area contributed by atoms with E-state index >= 15 is 0 Å². The second-order valence-corrected chi connectivity index (χ2v) is 6.52. The van der Waals surface area contributed by atoms with Gasteiger partial charge in [0.2, 0.25) is 11.8 Å². The molecule has 0 atom stereocenters. The average molecular weight is 338 g/mol. The van der Waals surface area contributed by atoms with Gasteiger partial charge < -0.3 is 15.5 Å². The van der Waals surface area contributed by atoms with Crippen molar-refractivity contribution < 1.29 is 9.59 Å². The largest absolute Gasteiger partial charge is 0.378 e. The van der Waals surface area contributed by atoms with Gasteiger partial charge in [0.15, 0.2) is 0 Å². The van der Waals surface area contributed by atoms with Gasteiger partial charge in [0.1, 0.15) is 5.41 Å². The van der Waals surface area contributed by atoms with Gasteiger partial charge >= 0.3 is 0 Å². The van der Waals surface area contributed by atoms with Gasteiger partial charge in [-0.25, -0.2) is 0 Å². The third-order valence-corrected chi connectivity index (χ3v) is 4.44. The van der Waals surface area contributed by atoms with Crippen LogP contribution in [0.5, 0.6) is 0 Å². The molecule has 1 saturated carbocycles. The maximum atomic E-state index is 12.6. The van der Waals surface area contributed by atoms with Gasteiger partial charge in [-0.2, -0.15) is 0 Å². The molecule has 25 heavy (non-hydrogen) atoms. The lowest BCUT2D eigenvalue weighted by molar-refractivity contribution is -0.134. The monoisotopic (exact) mass is 338 g/mol. The summed E-state index contributed by atoms with van der Waals surface area (Å²) in [6.45, 7) is 0.374. The number of nitrogens with zero attached hydrogens (tertiary/aromatic N) is 2. The van der Waals surface area contributed by atoms with E-state index in [1.807, 2.05) is 55.4 Å². The summed E-state index contributed by atoms with van der Waals surface area (Å²) in [5, 5.41) is 5.71. The normalized spacial score (nSPS) is 14.5. The zero-order valence-electron chi connectivity index (χ0n) is 14.5. The highest BCUT2D eigenvalue weighted by Gasteiger charge is 2.56. The standard InChI is InChI=1S/C19H22N4O2/c1-23(2)16-7-5-15(6-8-16)22-18(25)19(9-10-19)17(24)21-13-14-4-3-11-20-12-14/h3-8,11-12H,9-10,13H2,1-2H3,(H,21,24)(H,22,25). The van der Waals surface area contributed by atoms with Crippen LogP contribution in [0.1, 0.15) is 18.4 Å². The van der Waals surface area contributed by atoms with Crippen LogP contribution in [0.3, 0.4) is 0 Å². The molecule has 0 spiro atoms. The van der Waals surface area contributed by atoms with E-state index in [0.717, 1.165) is 11.3 Å². The van der Waals surface area contributed by atoms with Crippen LogP contribution < -0.4 is 15.5 Å². The number of benzene rings is 1. The number of pyridine rings is 1. The molecule has 0 saturated heterocycles. The van der Waals surface area contributed by atoms with E-state index in [-0.39, 0.29) is 11.8 Å². The predicted molar refractivity (Wildman–Crippen MR) is 97.1 cm³/mol. The first kappa shape index (κ1) is 17.0. The summed E-state index contributed by atoms with van der Waals surface area (Å²) in [7, 11) is 3.92. The van der Waals surface area contributed by atoms with E-state index in [1.165, 1.54) is 0 Å². The molecule has 6 nitrogen and oxygen atoms in total. The maximum Gasteiger partial charge on any atom is 0.240 e. The van der Waals surface area contributed by atoms with E-state index in [4.69, 9.17) is 0 Å². The summed E-state index contributed by atoms with van der Waals surface area (Å²) in [5.74, 6) is -0.465. The fourth-order valence-corrected chi connectivity index (χ4v) is 2.63. The Kier molecular flexibility index (Phi) is 4.70. The highest BCUT2D eigenvalue weighted by Crippen LogP contribution is 2.46. The van der Waals surface area contributed by atoms with E-state index in [1.54, 1.807) is 12.4 Å². The second kappa shape index (κ2) is 6.93. The third-order valence-electron chi connectivity index (χ3n) is 4.44. The highest BCUT2D eigenvalue weighted by atomic mass is 16.2. The van der Waals surface area contributed by atoms with Gasteiger partial charge in [-0.1, -0.05) is 6.07 Å². The van der Waals surface area contributed by atoms with Crippen LogP contribution in [0.2, 0.25) is 0 Å². The number of hydrogen-bond acceptors (Lipinski definition) is 4. The molecule has 6 heteroatoms. The van der Waals surface area contributed by atoms with Gasteiger partial charge in [-0.05, 0) is 48.7 Å². The molecule has 0 aliphatic heterocycles. The number of hydrogen-bond donors (Lipinski definition) is 2. The average Bonchev–Trinajstić information content (AvgIpc) is 3.43. The van der Waals surface area contributed by atoms with Gasteiger partial charge in [0, 0.05) is 44.4 Å². The van der Waals surface area contributed by atoms with Crippen LogP contribution >= 0.6 is 0 Å². The number of anilines is 2. The molecule has 0 unspecified atom stereocenters. The van der Waals surface area contributed by atoms with Crippen molar-refractivity contribution in [1.82, 2.24) is 10.3 Å². The van der Waals surface area contributed by atoms with Crippen LogP contribution in [0, 0.1) is 5.41 Å². The van der Waals surface area contributed by atoms with Gasteiger partial charge in [0.05, 0.1) is 0 Å². The van der Waals surface area contributed by atoms with Crippen LogP contribution in [0.15, 0.2) is 48.8 Å². The van der Waals surface area contributed by atoms with Crippen LogP contribution in [-0.2, 0) is 16.1 Å². The van der Waals surface area contributed by atoms with Crippen molar-refractivity contribution in [3.05, 3.63) is 54.4 Å². The van der Waals surface area contributed by atoms with Crippen molar-refractivity contribution >= 4 is 23.2 Å². The quantitative estimate of drug-likeness (QED) is 0.792. The molecular weight excluding hydrogens is 316 g/mol. The van der Waals surface area contributed by atoms with Crippen molar-refractivity contribution in [2.24, 2.45) is 5.41 Å². The molecule has 1 fully saturated rings. The minimum absolute atomic E-state index is 0.223. The Hall–Kier alpha value is -2.89. The molecule has 0 bridgehead atoms. The highest BCUT2D eigenvalue weighted by molar-refractivity contribution is 6.13. The Labute approximate surface area is 147 Å². The van der Waals surface area contributed by atoms with Crippen molar-refractivity contribution in [3.63, 3.8) is 0 Å². The van der Waals surface area contributed by atoms with Crippen LogP contribution in [0.25, 0.3) is 0 Å². The Balaban J connectivity index is 1.59. The molecule has 1 heterocycles. The molecule has 2 aromatic rings. The first-order valence-electron chi connectivity index (χ1n) is 8.27. The molecular formula is C19H22N4O2. The molecule has 1 aromatic carbocycles. The van der Waals surface area contributed by atoms with E-state index in [9.17, 15) is 9.59 Å². The second-order valence-electron chi connectivity index (χ2n) is 6.52. The van der Waals surface area contributed by atoms with Crippen molar-refractivity contribution in [1.29, 1.82) is 0 Å². The summed E-state index contributed by atoms with van der Waals surface area (Å²) < 4.78 is 0. The zero-order chi connectivity index (χ0) is 17.9. The molecule has 1 aromatic heterocycles. The molecule has 130 valence electrons. The minimum atomic E-state index is -0.942. The van der Waals surface area contributed by atoms with Crippen molar-refractivity contribution in [2.75, 3.05) is 24.3 Å². The first-order valence-corrected chi connectivity index (χ1v) is 8.27. The van der Waals surface area contributed by atoms with Crippen molar-refractivity contribution in [3.8, 4) is 0 Å². The number of rotatable bonds is 6. The molecule has 2 amide bonds. The Bertz CT molecular complexity index is 753. The zero-order valence-corrected chi connectivity index (χ0v) is 14.5. The van der Waals surface area contributed by atoms with E-state index in [2.05, 4.69) is 15.6 Å². The summed E-state index contributed by atoms with van der Waals surface area (Å²) >= 11 is 0. The molecule has 2 N–H and O–H groups in total. The van der Waals surface area contributed by atoms with E-state index < -0.39 is 5.41 Å².